The Kier molecular flexibility index (Phi) is 3.80. The van der Waals surface area contributed by atoms with Crippen LogP contribution < -0.4 is 5.32 Å². The number of nitrogens with one attached hydrogen (secondary N) is 1. The van der Waals surface area contributed by atoms with Gasteiger partial charge in [0.05, 0.1) is 0 Å². The molecule has 0 radical (unpaired) electrons. The first kappa shape index (κ1) is 9.26. The van der Waals surface area contributed by atoms with Gasteiger partial charge >= 0.3 is 0 Å². The summed E-state index contributed by atoms with van der Waals surface area (Å²) in [6, 6.07) is 2.57. The van der Waals surface area contributed by atoms with E-state index in [1.165, 1.54) is 12.8 Å². The van der Waals surface area contributed by atoms with Gasteiger partial charge in [-0.05, 0) is 32.9 Å². The summed E-state index contributed by atoms with van der Waals surface area (Å²) in [7, 11) is 2.00. The second-order valence-electron chi connectivity index (χ2n) is 3.10. The molecule has 0 spiro atoms. The van der Waals surface area contributed by atoms with Gasteiger partial charge in [0.15, 0.2) is 0 Å². The Hall–Kier alpha value is -0.830. The van der Waals surface area contributed by atoms with Gasteiger partial charge in [0.1, 0.15) is 0 Å². The van der Waals surface area contributed by atoms with Gasteiger partial charge in [-0.15, -0.1) is 0 Å². The summed E-state index contributed by atoms with van der Waals surface area (Å²) in [4.78, 5) is 0. The number of aryl methyl sites for hydroxylation is 1. The Morgan fingerprint density at radius 2 is 2.42 bits per heavy atom. The van der Waals surface area contributed by atoms with Gasteiger partial charge < -0.3 is 5.32 Å². The van der Waals surface area contributed by atoms with E-state index < -0.39 is 0 Å². The number of hydrogen-bond acceptors (Lipinski definition) is 2. The number of rotatable bonds is 5. The zero-order chi connectivity index (χ0) is 8.81. The first-order valence-corrected chi connectivity index (χ1v) is 4.47. The fourth-order valence-corrected chi connectivity index (χ4v) is 1.14. The molecule has 12 heavy (non-hydrogen) atoms. The molecule has 3 nitrogen and oxygen atoms in total. The summed E-state index contributed by atoms with van der Waals surface area (Å²) in [5.41, 5.74) is 0. The van der Waals surface area contributed by atoms with E-state index in [1.807, 2.05) is 30.2 Å². The van der Waals surface area contributed by atoms with Crippen LogP contribution in [0, 0.1) is 0 Å². The van der Waals surface area contributed by atoms with Crippen molar-refractivity contribution >= 4 is 0 Å². The Morgan fingerprint density at radius 1 is 1.58 bits per heavy atom. The predicted molar refractivity (Wildman–Crippen MR) is 50.0 cm³/mol. The summed E-state index contributed by atoms with van der Waals surface area (Å²) in [5.74, 6) is 0. The molecule has 0 fully saturated rings. The van der Waals surface area contributed by atoms with Crippen LogP contribution in [0.1, 0.15) is 19.8 Å². The molecule has 0 aliphatic rings. The van der Waals surface area contributed by atoms with Crippen LogP contribution in [0.3, 0.4) is 0 Å². The van der Waals surface area contributed by atoms with E-state index in [0.717, 1.165) is 6.54 Å². The molecular weight excluding hydrogens is 150 g/mol. The van der Waals surface area contributed by atoms with E-state index in [4.69, 9.17) is 0 Å². The van der Waals surface area contributed by atoms with Gasteiger partial charge in [-0.25, -0.2) is 0 Å². The summed E-state index contributed by atoms with van der Waals surface area (Å²) in [5, 5.41) is 7.35. The zero-order valence-electron chi connectivity index (χ0n) is 7.83. The largest absolute Gasteiger partial charge is 0.317 e. The van der Waals surface area contributed by atoms with Crippen molar-refractivity contribution in [1.82, 2.24) is 15.1 Å². The SMILES string of the molecule is CNC(C)CCCn1cccn1. The molecular formula is C9H17N3. The molecule has 0 aliphatic heterocycles. The van der Waals surface area contributed by atoms with Crippen LogP contribution in [0.4, 0.5) is 0 Å². The fraction of sp³-hybridized carbons (Fsp3) is 0.667. The first-order valence-electron chi connectivity index (χ1n) is 4.47. The first-order chi connectivity index (χ1) is 5.83. The highest BCUT2D eigenvalue weighted by Gasteiger charge is 1.97. The van der Waals surface area contributed by atoms with E-state index in [0.29, 0.717) is 6.04 Å². The minimum absolute atomic E-state index is 0.612. The highest BCUT2D eigenvalue weighted by molar-refractivity contribution is 4.77. The van der Waals surface area contributed by atoms with E-state index >= 15 is 0 Å². The second-order valence-corrected chi connectivity index (χ2v) is 3.10. The van der Waals surface area contributed by atoms with Crippen molar-refractivity contribution in [3.05, 3.63) is 18.5 Å². The average molecular weight is 167 g/mol. The lowest BCUT2D eigenvalue weighted by molar-refractivity contribution is 0.488. The highest BCUT2D eigenvalue weighted by Crippen LogP contribution is 1.98. The maximum atomic E-state index is 4.14. The van der Waals surface area contributed by atoms with Crippen LogP contribution in [0.25, 0.3) is 0 Å². The van der Waals surface area contributed by atoms with Crippen molar-refractivity contribution in [2.24, 2.45) is 0 Å². The summed E-state index contributed by atoms with van der Waals surface area (Å²) in [6.45, 7) is 3.22. The maximum Gasteiger partial charge on any atom is 0.0489 e. The Labute approximate surface area is 73.8 Å². The van der Waals surface area contributed by atoms with Crippen molar-refractivity contribution in [2.75, 3.05) is 7.05 Å². The number of hydrogen-bond donors (Lipinski definition) is 1. The second kappa shape index (κ2) is 4.93. The van der Waals surface area contributed by atoms with Crippen molar-refractivity contribution in [2.45, 2.75) is 32.4 Å². The molecule has 68 valence electrons. The third-order valence-electron chi connectivity index (χ3n) is 2.08. The van der Waals surface area contributed by atoms with Crippen molar-refractivity contribution in [3.63, 3.8) is 0 Å². The Bertz CT molecular complexity index is 194. The zero-order valence-corrected chi connectivity index (χ0v) is 7.83. The molecule has 3 heteroatoms. The lowest BCUT2D eigenvalue weighted by atomic mass is 10.2. The Balaban J connectivity index is 2.11. The number of nitrogens with zero attached hydrogens (tertiary/aromatic N) is 2. The van der Waals surface area contributed by atoms with Gasteiger partial charge in [-0.1, -0.05) is 0 Å². The van der Waals surface area contributed by atoms with Crippen LogP contribution in [0.2, 0.25) is 0 Å². The molecule has 1 heterocycles. The fourth-order valence-electron chi connectivity index (χ4n) is 1.14. The Morgan fingerprint density at radius 3 is 3.00 bits per heavy atom. The molecule has 0 saturated carbocycles. The van der Waals surface area contributed by atoms with Gasteiger partial charge in [0.2, 0.25) is 0 Å². The maximum absolute atomic E-state index is 4.14. The van der Waals surface area contributed by atoms with Crippen molar-refractivity contribution in [1.29, 1.82) is 0 Å². The quantitative estimate of drug-likeness (QED) is 0.715. The monoisotopic (exact) mass is 167 g/mol. The van der Waals surface area contributed by atoms with Crippen LogP contribution in [0.5, 0.6) is 0 Å². The lowest BCUT2D eigenvalue weighted by Crippen LogP contribution is -2.21. The van der Waals surface area contributed by atoms with E-state index in [9.17, 15) is 0 Å². The van der Waals surface area contributed by atoms with Crippen LogP contribution in [-0.2, 0) is 6.54 Å². The smallest absolute Gasteiger partial charge is 0.0489 e. The van der Waals surface area contributed by atoms with Gasteiger partial charge in [0, 0.05) is 25.0 Å². The normalized spacial score (nSPS) is 13.2. The third kappa shape index (κ3) is 3.05. The predicted octanol–water partition coefficient (Wildman–Crippen LogP) is 1.27. The molecule has 1 N–H and O–H groups in total. The minimum Gasteiger partial charge on any atom is -0.317 e. The molecule has 0 aliphatic carbocycles. The minimum atomic E-state index is 0.612. The molecule has 1 unspecified atom stereocenters. The average Bonchev–Trinajstić information content (AvgIpc) is 2.57. The van der Waals surface area contributed by atoms with Gasteiger partial charge in [-0.3, -0.25) is 4.68 Å². The molecule has 0 saturated heterocycles. The summed E-state index contributed by atoms with van der Waals surface area (Å²) < 4.78 is 1.97. The van der Waals surface area contributed by atoms with E-state index in [1.54, 1.807) is 0 Å². The molecule has 1 atom stereocenters. The van der Waals surface area contributed by atoms with Crippen LogP contribution >= 0.6 is 0 Å². The highest BCUT2D eigenvalue weighted by atomic mass is 15.3. The van der Waals surface area contributed by atoms with Crippen LogP contribution in [0.15, 0.2) is 18.5 Å². The van der Waals surface area contributed by atoms with Crippen LogP contribution in [-0.4, -0.2) is 22.9 Å². The summed E-state index contributed by atoms with van der Waals surface area (Å²) >= 11 is 0. The molecule has 0 bridgehead atoms. The summed E-state index contributed by atoms with van der Waals surface area (Å²) in [6.07, 6.45) is 6.21. The molecule has 0 amide bonds. The van der Waals surface area contributed by atoms with Crippen molar-refractivity contribution in [3.8, 4) is 0 Å². The van der Waals surface area contributed by atoms with Crippen molar-refractivity contribution < 1.29 is 0 Å². The molecule has 1 aromatic heterocycles. The van der Waals surface area contributed by atoms with E-state index in [2.05, 4.69) is 17.3 Å². The third-order valence-corrected chi connectivity index (χ3v) is 2.08. The molecule has 1 aromatic rings. The molecule has 1 rings (SSSR count). The van der Waals surface area contributed by atoms with Gasteiger partial charge in [-0.2, -0.15) is 5.10 Å². The van der Waals surface area contributed by atoms with Gasteiger partial charge in [0.25, 0.3) is 0 Å². The number of aromatic nitrogens is 2. The van der Waals surface area contributed by atoms with E-state index in [-0.39, 0.29) is 0 Å². The molecule has 0 aromatic carbocycles. The lowest BCUT2D eigenvalue weighted by Gasteiger charge is -2.08. The topological polar surface area (TPSA) is 29.9 Å². The standard InChI is InChI=1S/C9H17N3/c1-9(10-2)5-3-7-12-8-4-6-11-12/h4,6,8-10H,3,5,7H2,1-2H3.